The smallest absolute Gasteiger partial charge is 0.296 e. The maximum Gasteiger partial charge on any atom is 0.416 e. The number of nitrogens with zero attached hydrogens (tertiary/aromatic N) is 5. The number of thiazole rings is 2. The number of hydrogen-bond donors (Lipinski definition) is 0. The number of alkyl halides is 3. The van der Waals surface area contributed by atoms with Gasteiger partial charge in [0, 0.05) is 66.6 Å². The fraction of sp³-hybridized carbons (Fsp3) is 0.167. The van der Waals surface area contributed by atoms with Crippen molar-refractivity contribution in [3.05, 3.63) is 107 Å². The van der Waals surface area contributed by atoms with Gasteiger partial charge < -0.3 is 0 Å². The Hall–Kier alpha value is -3.21. The van der Waals surface area contributed by atoms with Crippen LogP contribution < -0.4 is 0 Å². The molecule has 0 aliphatic heterocycles. The van der Waals surface area contributed by atoms with Crippen LogP contribution in [-0.4, -0.2) is 24.0 Å². The van der Waals surface area contributed by atoms with Crippen molar-refractivity contribution < 1.29 is 13.2 Å². The fourth-order valence-corrected chi connectivity index (χ4v) is 5.13. The van der Waals surface area contributed by atoms with Gasteiger partial charge in [-0.2, -0.15) is 13.2 Å². The molecule has 174 valence electrons. The third kappa shape index (κ3) is 4.98. The predicted octanol–water partition coefficient (Wildman–Crippen LogP) is 6.40. The molecule has 4 aromatic heterocycles. The first-order valence-electron chi connectivity index (χ1n) is 10.5. The number of rotatable bonds is 8. The van der Waals surface area contributed by atoms with E-state index >= 15 is 0 Å². The summed E-state index contributed by atoms with van der Waals surface area (Å²) in [5.41, 5.74) is 2.27. The first-order valence-corrected chi connectivity index (χ1v) is 12.2. The van der Waals surface area contributed by atoms with Gasteiger partial charge in [0.2, 0.25) is 0 Å². The maximum atomic E-state index is 13.0. The molecule has 0 atom stereocenters. The molecule has 0 saturated heterocycles. The van der Waals surface area contributed by atoms with E-state index in [1.54, 1.807) is 47.2 Å². The molecule has 0 aliphatic rings. The number of halogens is 3. The Morgan fingerprint density at radius 2 is 1.26 bits per heavy atom. The van der Waals surface area contributed by atoms with Crippen LogP contribution in [0.5, 0.6) is 0 Å². The average molecular weight is 500 g/mol. The minimum absolute atomic E-state index is 0.490. The molecule has 34 heavy (non-hydrogen) atoms. The second-order valence-electron chi connectivity index (χ2n) is 7.71. The van der Waals surface area contributed by atoms with Gasteiger partial charge in [-0.05, 0) is 42.0 Å². The lowest BCUT2D eigenvalue weighted by atomic mass is 10.1. The van der Waals surface area contributed by atoms with Crippen molar-refractivity contribution in [1.29, 1.82) is 0 Å². The number of aromatic nitrogens is 4. The summed E-state index contributed by atoms with van der Waals surface area (Å²) in [7, 11) is 0. The molecule has 0 radical (unpaired) electrons. The van der Waals surface area contributed by atoms with Crippen molar-refractivity contribution in [1.82, 2.24) is 24.0 Å². The van der Waals surface area contributed by atoms with E-state index in [1.807, 2.05) is 56.6 Å². The summed E-state index contributed by atoms with van der Waals surface area (Å²) in [5, 5.41) is 5.61. The van der Waals surface area contributed by atoms with Crippen molar-refractivity contribution in [3.8, 4) is 10.3 Å². The highest BCUT2D eigenvalue weighted by molar-refractivity contribution is 7.12. The molecule has 1 aromatic carbocycles. The Morgan fingerprint density at radius 3 is 1.71 bits per heavy atom. The van der Waals surface area contributed by atoms with Crippen LogP contribution in [0, 0.1) is 0 Å². The Bertz CT molecular complexity index is 1250. The van der Waals surface area contributed by atoms with Crippen LogP contribution >= 0.6 is 22.7 Å². The standard InChI is InChI=1S/C24H20F3N5S2/c25-24(26,27)19-7-5-18(6-8-19)15-30(16-20-3-1-11-31(20)22-28-9-13-33-22)17-21-4-2-12-32(21)23-29-10-14-34-23/h1-14H,15-17H2. The lowest BCUT2D eigenvalue weighted by molar-refractivity contribution is -0.137. The molecule has 5 nitrogen and oxygen atoms in total. The van der Waals surface area contributed by atoms with Gasteiger partial charge in [0.1, 0.15) is 0 Å². The SMILES string of the molecule is FC(F)(F)c1ccc(CN(Cc2cccn2-c2nccs2)Cc2cccn2-c2nccs2)cc1. The molecule has 0 unspecified atom stereocenters. The molecule has 5 rings (SSSR count). The number of benzene rings is 1. The van der Waals surface area contributed by atoms with Gasteiger partial charge in [0.15, 0.2) is 10.3 Å². The third-order valence-electron chi connectivity index (χ3n) is 5.38. The lowest BCUT2D eigenvalue weighted by Crippen LogP contribution is -2.25. The van der Waals surface area contributed by atoms with Crippen LogP contribution in [0.3, 0.4) is 0 Å². The minimum Gasteiger partial charge on any atom is -0.296 e. The van der Waals surface area contributed by atoms with Crippen molar-refractivity contribution in [2.75, 3.05) is 0 Å². The van der Waals surface area contributed by atoms with Gasteiger partial charge in [0.05, 0.1) is 5.56 Å². The minimum atomic E-state index is -4.35. The Labute approximate surface area is 202 Å². The van der Waals surface area contributed by atoms with Gasteiger partial charge in [-0.3, -0.25) is 14.0 Å². The average Bonchev–Trinajstić information content (AvgIpc) is 3.60. The molecular weight excluding hydrogens is 479 g/mol. The summed E-state index contributed by atoms with van der Waals surface area (Å²) in [6, 6.07) is 13.4. The summed E-state index contributed by atoms with van der Waals surface area (Å²) >= 11 is 3.10. The maximum absolute atomic E-state index is 13.0. The highest BCUT2D eigenvalue weighted by atomic mass is 32.1. The Balaban J connectivity index is 1.43. The second-order valence-corrected chi connectivity index (χ2v) is 9.45. The van der Waals surface area contributed by atoms with E-state index in [0.717, 1.165) is 39.3 Å². The Kier molecular flexibility index (Phi) is 6.36. The van der Waals surface area contributed by atoms with Crippen LogP contribution in [0.4, 0.5) is 13.2 Å². The Morgan fingerprint density at radius 1 is 0.735 bits per heavy atom. The van der Waals surface area contributed by atoms with Crippen molar-refractivity contribution >= 4 is 22.7 Å². The van der Waals surface area contributed by atoms with Gasteiger partial charge >= 0.3 is 6.18 Å². The molecule has 0 fully saturated rings. The summed E-state index contributed by atoms with van der Waals surface area (Å²) in [5.74, 6) is 0. The lowest BCUT2D eigenvalue weighted by Gasteiger charge is -2.24. The molecule has 10 heteroatoms. The van der Waals surface area contributed by atoms with Gasteiger partial charge in [-0.15, -0.1) is 22.7 Å². The van der Waals surface area contributed by atoms with Crippen LogP contribution in [0.2, 0.25) is 0 Å². The van der Waals surface area contributed by atoms with E-state index in [0.29, 0.717) is 19.6 Å². The van der Waals surface area contributed by atoms with E-state index in [-0.39, 0.29) is 0 Å². The van der Waals surface area contributed by atoms with Crippen LogP contribution in [0.1, 0.15) is 22.5 Å². The summed E-state index contributed by atoms with van der Waals surface area (Å²) in [6.07, 6.45) is 3.14. The van der Waals surface area contributed by atoms with Crippen LogP contribution in [0.25, 0.3) is 10.3 Å². The first kappa shape index (κ1) is 22.6. The van der Waals surface area contributed by atoms with Crippen molar-refractivity contribution in [3.63, 3.8) is 0 Å². The molecule has 0 aliphatic carbocycles. The molecule has 0 spiro atoms. The molecule has 0 saturated carbocycles. The second kappa shape index (κ2) is 9.57. The quantitative estimate of drug-likeness (QED) is 0.248. The predicted molar refractivity (Wildman–Crippen MR) is 127 cm³/mol. The fourth-order valence-electron chi connectivity index (χ4n) is 3.82. The van der Waals surface area contributed by atoms with Gasteiger partial charge in [-0.1, -0.05) is 12.1 Å². The van der Waals surface area contributed by atoms with Crippen molar-refractivity contribution in [2.45, 2.75) is 25.8 Å². The van der Waals surface area contributed by atoms with Crippen LogP contribution in [0.15, 0.2) is 84.1 Å². The molecule has 0 bridgehead atoms. The molecule has 4 heterocycles. The highest BCUT2D eigenvalue weighted by Gasteiger charge is 2.30. The zero-order valence-corrected chi connectivity index (χ0v) is 19.5. The monoisotopic (exact) mass is 499 g/mol. The summed E-state index contributed by atoms with van der Waals surface area (Å²) in [4.78, 5) is 11.0. The zero-order chi connectivity index (χ0) is 23.5. The number of hydrogen-bond acceptors (Lipinski definition) is 5. The summed E-state index contributed by atoms with van der Waals surface area (Å²) in [6.45, 7) is 1.68. The third-order valence-corrected chi connectivity index (χ3v) is 6.92. The molecule has 0 amide bonds. The molecule has 5 aromatic rings. The summed E-state index contributed by atoms with van der Waals surface area (Å²) < 4.78 is 43.1. The van der Waals surface area contributed by atoms with E-state index in [2.05, 4.69) is 14.9 Å². The first-order chi connectivity index (χ1) is 16.5. The van der Waals surface area contributed by atoms with E-state index in [4.69, 9.17) is 0 Å². The van der Waals surface area contributed by atoms with Crippen molar-refractivity contribution in [2.24, 2.45) is 0 Å². The molecular formula is C24H20F3N5S2. The molecule has 0 N–H and O–H groups in total. The topological polar surface area (TPSA) is 38.9 Å². The largest absolute Gasteiger partial charge is 0.416 e. The van der Waals surface area contributed by atoms with Crippen LogP contribution in [-0.2, 0) is 25.8 Å². The normalized spacial score (nSPS) is 12.0. The van der Waals surface area contributed by atoms with Gasteiger partial charge in [-0.25, -0.2) is 9.97 Å². The van der Waals surface area contributed by atoms with E-state index < -0.39 is 11.7 Å². The van der Waals surface area contributed by atoms with Gasteiger partial charge in [0.25, 0.3) is 0 Å². The van der Waals surface area contributed by atoms with E-state index in [1.165, 1.54) is 0 Å². The highest BCUT2D eigenvalue weighted by Crippen LogP contribution is 2.29. The van der Waals surface area contributed by atoms with E-state index in [9.17, 15) is 13.2 Å². The zero-order valence-electron chi connectivity index (χ0n) is 17.9.